The van der Waals surface area contributed by atoms with Gasteiger partial charge in [-0.05, 0) is 48.9 Å². The van der Waals surface area contributed by atoms with Crippen LogP contribution in [-0.2, 0) is 24.9 Å². The average Bonchev–Trinajstić information content (AvgIpc) is 3.17. The first kappa shape index (κ1) is 21.7. The van der Waals surface area contributed by atoms with Crippen molar-refractivity contribution < 1.29 is 4.79 Å². The first-order valence-corrected chi connectivity index (χ1v) is 12.9. The van der Waals surface area contributed by atoms with Crippen LogP contribution in [0.4, 0.5) is 5.69 Å². The molecule has 2 bridgehead atoms. The summed E-state index contributed by atoms with van der Waals surface area (Å²) in [7, 11) is 2.12. The second-order valence-electron chi connectivity index (χ2n) is 10.7. The number of aromatic nitrogens is 2. The number of aryl methyl sites for hydroxylation is 1. The van der Waals surface area contributed by atoms with Gasteiger partial charge in [-0.3, -0.25) is 14.5 Å². The van der Waals surface area contributed by atoms with Crippen LogP contribution in [0.25, 0.3) is 10.9 Å². The molecule has 2 fully saturated rings. The number of rotatable bonds is 4. The number of hydrogen-bond donors (Lipinski definition) is 1. The zero-order chi connectivity index (χ0) is 23.2. The molecule has 1 amide bonds. The van der Waals surface area contributed by atoms with E-state index < -0.39 is 0 Å². The Balaban J connectivity index is 1.20. The van der Waals surface area contributed by atoms with E-state index >= 15 is 0 Å². The smallest absolute Gasteiger partial charge is 0.274 e. The number of pyridine rings is 1. The number of benzene rings is 1. The molecule has 6 nitrogen and oxygen atoms in total. The molecule has 1 aromatic carbocycles. The summed E-state index contributed by atoms with van der Waals surface area (Å²) in [5.41, 5.74) is 4.19. The van der Waals surface area contributed by atoms with Gasteiger partial charge >= 0.3 is 0 Å². The molecule has 1 N–H and O–H groups in total. The Hall–Kier alpha value is -2.86. The largest absolute Gasteiger partial charge is 0.350 e. The van der Waals surface area contributed by atoms with Gasteiger partial charge in [-0.1, -0.05) is 37.5 Å². The third-order valence-electron chi connectivity index (χ3n) is 8.29. The molecule has 6 heteroatoms. The highest BCUT2D eigenvalue weighted by Gasteiger charge is 2.35. The summed E-state index contributed by atoms with van der Waals surface area (Å²) < 4.78 is 4.16. The van der Waals surface area contributed by atoms with E-state index in [2.05, 4.69) is 58.4 Å². The molecule has 0 radical (unpaired) electrons. The van der Waals surface area contributed by atoms with Crippen LogP contribution in [0, 0.1) is 11.8 Å². The van der Waals surface area contributed by atoms with Crippen LogP contribution in [0.2, 0.25) is 0 Å². The molecule has 1 aliphatic carbocycles. The standard InChI is InChI=1S/C28H34N4O2/c1-30-16-22(23-9-5-6-10-26(23)30)18-31-14-19-13-21(17-31)25-12-11-24(28(34)32(25)15-19)29-27(33)20-7-3-2-4-8-20/h5-6,9-12,16,19-21H,2-4,7-8,13-15,17-18H2,1H3,(H,29,33)/t19-,21+/m0/s1. The third-order valence-corrected chi connectivity index (χ3v) is 8.29. The van der Waals surface area contributed by atoms with Crippen molar-refractivity contribution in [2.24, 2.45) is 18.9 Å². The second kappa shape index (κ2) is 8.73. The molecule has 2 aliphatic heterocycles. The summed E-state index contributed by atoms with van der Waals surface area (Å²) in [6.45, 7) is 3.65. The maximum absolute atomic E-state index is 13.3. The molecule has 1 saturated carbocycles. The lowest BCUT2D eigenvalue weighted by Crippen LogP contribution is -2.47. The van der Waals surface area contributed by atoms with Gasteiger partial charge in [0.1, 0.15) is 5.69 Å². The molecular formula is C28H34N4O2. The van der Waals surface area contributed by atoms with E-state index in [0.29, 0.717) is 17.5 Å². The first-order chi connectivity index (χ1) is 16.6. The lowest BCUT2D eigenvalue weighted by Gasteiger charge is -2.43. The van der Waals surface area contributed by atoms with Crippen LogP contribution in [0.3, 0.4) is 0 Å². The summed E-state index contributed by atoms with van der Waals surface area (Å²) in [6.07, 6.45) is 8.71. The summed E-state index contributed by atoms with van der Waals surface area (Å²) >= 11 is 0. The number of piperidine rings is 1. The molecule has 0 unspecified atom stereocenters. The van der Waals surface area contributed by atoms with Gasteiger partial charge < -0.3 is 14.5 Å². The van der Waals surface area contributed by atoms with Crippen molar-refractivity contribution in [3.63, 3.8) is 0 Å². The Kier molecular flexibility index (Phi) is 5.56. The van der Waals surface area contributed by atoms with E-state index in [-0.39, 0.29) is 17.4 Å². The van der Waals surface area contributed by atoms with Crippen LogP contribution >= 0.6 is 0 Å². The number of nitrogens with one attached hydrogen (secondary N) is 1. The molecule has 3 aliphatic rings. The first-order valence-electron chi connectivity index (χ1n) is 12.9. The van der Waals surface area contributed by atoms with Crippen molar-refractivity contribution in [2.45, 2.75) is 57.5 Å². The Morgan fingerprint density at radius 3 is 2.71 bits per heavy atom. The highest BCUT2D eigenvalue weighted by atomic mass is 16.2. The maximum atomic E-state index is 13.3. The number of nitrogens with zero attached hydrogens (tertiary/aromatic N) is 3. The molecule has 3 aromatic rings. The number of likely N-dealkylation sites (tertiary alicyclic amines) is 1. The maximum Gasteiger partial charge on any atom is 0.274 e. The molecule has 2 atom stereocenters. The lowest BCUT2D eigenvalue weighted by molar-refractivity contribution is -0.120. The topological polar surface area (TPSA) is 59.3 Å². The van der Waals surface area contributed by atoms with Crippen LogP contribution in [-0.4, -0.2) is 33.0 Å². The van der Waals surface area contributed by atoms with Crippen molar-refractivity contribution in [1.82, 2.24) is 14.0 Å². The molecular weight excluding hydrogens is 424 g/mol. The molecule has 0 spiro atoms. The zero-order valence-corrected chi connectivity index (χ0v) is 20.0. The number of carbonyl (C=O) groups is 1. The predicted molar refractivity (Wildman–Crippen MR) is 135 cm³/mol. The highest BCUT2D eigenvalue weighted by Crippen LogP contribution is 2.36. The lowest BCUT2D eigenvalue weighted by atomic mass is 9.83. The number of fused-ring (bicyclic) bond motifs is 5. The van der Waals surface area contributed by atoms with Gasteiger partial charge in [0.2, 0.25) is 5.91 Å². The van der Waals surface area contributed by atoms with E-state index in [4.69, 9.17) is 0 Å². The van der Waals surface area contributed by atoms with Crippen molar-refractivity contribution in [3.05, 3.63) is 64.2 Å². The summed E-state index contributed by atoms with van der Waals surface area (Å²) in [4.78, 5) is 28.6. The van der Waals surface area contributed by atoms with Gasteiger partial charge in [-0.15, -0.1) is 0 Å². The summed E-state index contributed by atoms with van der Waals surface area (Å²) in [5.74, 6) is 0.896. The fraction of sp³-hybridized carbons (Fsp3) is 0.500. The van der Waals surface area contributed by atoms with Gasteiger partial charge in [0, 0.05) is 67.9 Å². The zero-order valence-electron chi connectivity index (χ0n) is 20.0. The van der Waals surface area contributed by atoms with Crippen molar-refractivity contribution in [1.29, 1.82) is 0 Å². The van der Waals surface area contributed by atoms with Crippen LogP contribution in [0.5, 0.6) is 0 Å². The number of amides is 1. The molecule has 4 heterocycles. The number of carbonyl (C=O) groups excluding carboxylic acids is 1. The highest BCUT2D eigenvalue weighted by molar-refractivity contribution is 5.92. The molecule has 34 heavy (non-hydrogen) atoms. The van der Waals surface area contributed by atoms with Gasteiger partial charge in [0.05, 0.1) is 0 Å². The fourth-order valence-corrected chi connectivity index (χ4v) is 6.66. The molecule has 6 rings (SSSR count). The predicted octanol–water partition coefficient (Wildman–Crippen LogP) is 4.48. The van der Waals surface area contributed by atoms with Crippen LogP contribution < -0.4 is 10.9 Å². The normalized spacial score (nSPS) is 23.1. The monoisotopic (exact) mass is 458 g/mol. The Bertz CT molecular complexity index is 1280. The van der Waals surface area contributed by atoms with E-state index in [1.54, 1.807) is 0 Å². The van der Waals surface area contributed by atoms with Crippen molar-refractivity contribution >= 4 is 22.5 Å². The quantitative estimate of drug-likeness (QED) is 0.627. The summed E-state index contributed by atoms with van der Waals surface area (Å²) in [5, 5.41) is 4.30. The second-order valence-corrected chi connectivity index (χ2v) is 10.7. The van der Waals surface area contributed by atoms with Gasteiger partial charge in [-0.2, -0.15) is 0 Å². The summed E-state index contributed by atoms with van der Waals surface area (Å²) in [6, 6.07) is 12.5. The minimum Gasteiger partial charge on any atom is -0.350 e. The Labute approximate surface area is 200 Å². The van der Waals surface area contributed by atoms with Gasteiger partial charge in [0.25, 0.3) is 5.56 Å². The Morgan fingerprint density at radius 1 is 1.03 bits per heavy atom. The molecule has 2 aromatic heterocycles. The van der Waals surface area contributed by atoms with Crippen LogP contribution in [0.15, 0.2) is 47.4 Å². The molecule has 178 valence electrons. The van der Waals surface area contributed by atoms with Crippen molar-refractivity contribution in [3.8, 4) is 0 Å². The van der Waals surface area contributed by atoms with E-state index in [0.717, 1.165) is 64.0 Å². The van der Waals surface area contributed by atoms with Gasteiger partial charge in [-0.25, -0.2) is 0 Å². The minimum absolute atomic E-state index is 0.0228. The Morgan fingerprint density at radius 2 is 1.85 bits per heavy atom. The average molecular weight is 459 g/mol. The van der Waals surface area contributed by atoms with E-state index in [1.165, 1.54) is 22.9 Å². The third kappa shape index (κ3) is 3.88. The number of hydrogen-bond acceptors (Lipinski definition) is 3. The number of para-hydroxylation sites is 1. The van der Waals surface area contributed by atoms with Crippen LogP contribution in [0.1, 0.15) is 55.7 Å². The van der Waals surface area contributed by atoms with E-state index in [9.17, 15) is 9.59 Å². The number of anilines is 1. The van der Waals surface area contributed by atoms with Gasteiger partial charge in [0.15, 0.2) is 0 Å². The molecule has 1 saturated heterocycles. The SMILES string of the molecule is Cn1cc(CN2C[C@@H]3C[C@H](C2)c2ccc(NC(=O)C4CCCCC4)c(=O)n2C3)c2ccccc21. The fourth-order valence-electron chi connectivity index (χ4n) is 6.66. The van der Waals surface area contributed by atoms with Crippen molar-refractivity contribution in [2.75, 3.05) is 18.4 Å². The van der Waals surface area contributed by atoms with E-state index in [1.807, 2.05) is 10.6 Å². The minimum atomic E-state index is -0.0288.